The Morgan fingerprint density at radius 3 is 1.53 bits per heavy atom. The maximum Gasteiger partial charge on any atom is 0 e. The molecule has 0 saturated carbocycles. The predicted octanol–water partition coefficient (Wildman–Crippen LogP) is 5.08. The van der Waals surface area contributed by atoms with Gasteiger partial charge in [-0.2, -0.15) is 6.08 Å². The van der Waals surface area contributed by atoms with Gasteiger partial charge in [0.1, 0.15) is 0 Å². The number of allylic oxidation sites excluding steroid dienone is 4. The van der Waals surface area contributed by atoms with Gasteiger partial charge in [-0.15, -0.1) is 50.2 Å². The van der Waals surface area contributed by atoms with E-state index in [0.29, 0.717) is 0 Å². The molecule has 0 aromatic heterocycles. The van der Waals surface area contributed by atoms with E-state index in [0.717, 1.165) is 26.1 Å². The molecule has 1 nitrogen and oxygen atoms in total. The summed E-state index contributed by atoms with van der Waals surface area (Å²) in [4.78, 5) is 2.26. The minimum Gasteiger partial charge on any atom is -0.358 e. The van der Waals surface area contributed by atoms with E-state index in [1.165, 1.54) is 0 Å². The zero-order valence-electron chi connectivity index (χ0n) is 12.9. The van der Waals surface area contributed by atoms with Crippen molar-refractivity contribution in [2.75, 3.05) is 19.6 Å². The van der Waals surface area contributed by atoms with Crippen molar-refractivity contribution in [3.8, 4) is 0 Å². The second kappa shape index (κ2) is 42.7. The van der Waals surface area contributed by atoms with Crippen LogP contribution in [0.3, 0.4) is 0 Å². The minimum atomic E-state index is 0. The molecular formula is C14H31Cl3NTi-5. The normalized spacial score (nSPS) is 8.42. The molecule has 0 spiro atoms. The van der Waals surface area contributed by atoms with Crippen molar-refractivity contribution in [2.45, 2.75) is 20.3 Å². The Morgan fingerprint density at radius 1 is 1.05 bits per heavy atom. The van der Waals surface area contributed by atoms with Crippen LogP contribution in [-0.4, -0.2) is 24.5 Å². The second-order valence-corrected chi connectivity index (χ2v) is 2.53. The molecular weight excluding hydrogens is 336 g/mol. The number of nitrogens with zero attached hydrogens (tertiary/aromatic N) is 1. The van der Waals surface area contributed by atoms with E-state index in [9.17, 15) is 0 Å². The Labute approximate surface area is 156 Å². The fraction of sp³-hybridized carbons (Fsp3) is 0.429. The van der Waals surface area contributed by atoms with Crippen LogP contribution in [0.15, 0.2) is 18.2 Å². The van der Waals surface area contributed by atoms with Gasteiger partial charge in [0.25, 0.3) is 0 Å². The molecule has 0 amide bonds. The maximum absolute atomic E-state index is 3.75. The average Bonchev–Trinajstić information content (AvgIpc) is 2.64. The summed E-state index contributed by atoms with van der Waals surface area (Å²) in [6.45, 7) is 11.2. The van der Waals surface area contributed by atoms with Crippen molar-refractivity contribution in [1.29, 1.82) is 0 Å². The van der Waals surface area contributed by atoms with Gasteiger partial charge in [-0.1, -0.05) is 13.8 Å². The molecule has 0 unspecified atom stereocenters. The van der Waals surface area contributed by atoms with Gasteiger partial charge in [-0.05, 0) is 13.1 Å². The van der Waals surface area contributed by atoms with Crippen LogP contribution in [0, 0.1) is 35.3 Å². The third-order valence-electron chi connectivity index (χ3n) is 1.80. The van der Waals surface area contributed by atoms with Crippen LogP contribution in [-0.2, 0) is 21.7 Å². The molecule has 0 bridgehead atoms. The number of hydrogen-bond donors (Lipinski definition) is 0. The molecule has 0 fully saturated rings. The standard InChI is InChI=1S/C6H14N.C5H5.3CH3.3ClH.Ti/c1-4-7(5-2)6-3;1-2-4-5-3-1;;;;;;;/h1,4-6H2,2-3H3;1-3H,4H2;3*1H3;3*1H;/q5*-1;;;;. The van der Waals surface area contributed by atoms with E-state index in [-0.39, 0.29) is 81.2 Å². The first kappa shape index (κ1) is 50.1. The molecule has 1 rings (SSSR count). The smallest absolute Gasteiger partial charge is 0 e. The number of hydrogen-bond acceptors (Lipinski definition) is 1. The van der Waals surface area contributed by atoms with E-state index in [2.05, 4.69) is 37.8 Å². The van der Waals surface area contributed by atoms with Gasteiger partial charge in [0.2, 0.25) is 0 Å². The molecule has 122 valence electrons. The maximum atomic E-state index is 3.75. The SMILES string of the molecule is Cl.Cl.Cl.[C-]1=CC=CC1.[CH2-]CN(CC)CC.[CH3-].[CH3-].[CH3-].[Ti]. The van der Waals surface area contributed by atoms with Gasteiger partial charge < -0.3 is 34.1 Å². The van der Waals surface area contributed by atoms with Crippen LogP contribution in [0.25, 0.3) is 0 Å². The van der Waals surface area contributed by atoms with Crippen molar-refractivity contribution in [1.82, 2.24) is 4.90 Å². The molecule has 0 N–H and O–H groups in total. The molecule has 1 aliphatic carbocycles. The fourth-order valence-electron chi connectivity index (χ4n) is 0.880. The summed E-state index contributed by atoms with van der Waals surface area (Å²) in [5, 5.41) is 0. The molecule has 1 aliphatic rings. The fourth-order valence-corrected chi connectivity index (χ4v) is 0.880. The van der Waals surface area contributed by atoms with Crippen molar-refractivity contribution in [3.05, 3.63) is 53.5 Å². The van der Waals surface area contributed by atoms with Gasteiger partial charge >= 0.3 is 0 Å². The number of halogens is 3. The first-order valence-electron chi connectivity index (χ1n) is 4.58. The molecule has 5 heteroatoms. The van der Waals surface area contributed by atoms with E-state index in [1.807, 2.05) is 12.2 Å². The first-order valence-corrected chi connectivity index (χ1v) is 4.58. The summed E-state index contributed by atoms with van der Waals surface area (Å²) in [5.74, 6) is 0. The van der Waals surface area contributed by atoms with E-state index in [1.54, 1.807) is 0 Å². The molecule has 0 aromatic carbocycles. The van der Waals surface area contributed by atoms with Crippen LogP contribution >= 0.6 is 37.2 Å². The van der Waals surface area contributed by atoms with Gasteiger partial charge in [-0.3, -0.25) is 6.08 Å². The van der Waals surface area contributed by atoms with E-state index >= 15 is 0 Å². The zero-order chi connectivity index (χ0) is 9.23. The Morgan fingerprint density at radius 2 is 1.47 bits per heavy atom. The van der Waals surface area contributed by atoms with Crippen molar-refractivity contribution >= 4 is 37.2 Å². The van der Waals surface area contributed by atoms with Crippen molar-refractivity contribution < 1.29 is 21.7 Å². The molecule has 0 aromatic rings. The van der Waals surface area contributed by atoms with Crippen LogP contribution in [0.4, 0.5) is 0 Å². The summed E-state index contributed by atoms with van der Waals surface area (Å²) >= 11 is 0. The Hall–Kier alpha value is 1.02. The van der Waals surface area contributed by atoms with Gasteiger partial charge in [-0.25, -0.2) is 12.2 Å². The van der Waals surface area contributed by atoms with Gasteiger partial charge in [0.05, 0.1) is 0 Å². The van der Waals surface area contributed by atoms with E-state index < -0.39 is 0 Å². The summed E-state index contributed by atoms with van der Waals surface area (Å²) in [7, 11) is 0. The summed E-state index contributed by atoms with van der Waals surface area (Å²) in [6.07, 6.45) is 10.0. The van der Waals surface area contributed by atoms with Crippen molar-refractivity contribution in [3.63, 3.8) is 0 Å². The third-order valence-corrected chi connectivity index (χ3v) is 1.80. The Balaban J connectivity index is -0.0000000157. The quantitative estimate of drug-likeness (QED) is 0.496. The number of rotatable bonds is 3. The molecule has 0 aliphatic heterocycles. The summed E-state index contributed by atoms with van der Waals surface area (Å²) < 4.78 is 0. The average molecular weight is 368 g/mol. The summed E-state index contributed by atoms with van der Waals surface area (Å²) in [6, 6.07) is 0. The van der Waals surface area contributed by atoms with Crippen LogP contribution in [0.2, 0.25) is 0 Å². The molecule has 0 saturated heterocycles. The topological polar surface area (TPSA) is 3.24 Å². The van der Waals surface area contributed by atoms with Gasteiger partial charge in [0.15, 0.2) is 0 Å². The monoisotopic (exact) mass is 366 g/mol. The van der Waals surface area contributed by atoms with E-state index in [4.69, 9.17) is 0 Å². The molecule has 19 heavy (non-hydrogen) atoms. The molecule has 0 radical (unpaired) electrons. The van der Waals surface area contributed by atoms with Crippen LogP contribution < -0.4 is 0 Å². The van der Waals surface area contributed by atoms with Crippen LogP contribution in [0.5, 0.6) is 0 Å². The van der Waals surface area contributed by atoms with Crippen molar-refractivity contribution in [2.24, 2.45) is 0 Å². The first-order chi connectivity index (χ1) is 5.85. The Kier molecular flexibility index (Phi) is 113. The zero-order valence-corrected chi connectivity index (χ0v) is 17.0. The molecule has 0 atom stereocenters. The summed E-state index contributed by atoms with van der Waals surface area (Å²) in [5.41, 5.74) is 0. The Bertz CT molecular complexity index is 134. The molecule has 0 heterocycles. The third kappa shape index (κ3) is 38.1. The predicted molar refractivity (Wildman–Crippen MR) is 95.7 cm³/mol. The van der Waals surface area contributed by atoms with Crippen LogP contribution in [0.1, 0.15) is 20.3 Å². The van der Waals surface area contributed by atoms with Gasteiger partial charge in [0, 0.05) is 21.7 Å². The largest absolute Gasteiger partial charge is 0.358 e. The minimum absolute atomic E-state index is 0. The second-order valence-electron chi connectivity index (χ2n) is 2.53.